The smallest absolute Gasteiger partial charge is 0.326 e. The molecule has 5 amide bonds. The lowest BCUT2D eigenvalue weighted by Crippen LogP contribution is -2.40. The van der Waals surface area contributed by atoms with Crippen molar-refractivity contribution in [2.75, 3.05) is 156 Å². The molecule has 4 aromatic carbocycles. The molecule has 0 bridgehead atoms. The normalized spacial score (nSPS) is 11.6. The standard InChI is InChI=1S/C68H95N9O15S2/c1-50-10-20-56-59(48-50)93-66(76-56)52-12-16-54(17-13-52)69-28-22-61(78)73-30-34-87-38-42-91-46-44-89-40-36-85-32-24-63(80)71-26-6-3-4-9-65(82)75-58(68(83)84)8-5-7-27-72-64(81)25-33-86-37-41-90-45-47-92-43-39-88-35-31-74-62(79)23-29-70-55-18-14-53(15-19-55)67-77-57-21-11-51(2)49-60(57)94-67/h10-21,48-49,58,69-70H,3-9,22-47H2,1-2H3,(H,71,80)(H,72,81)(H,73,78)(H,74,79)(H,75,82)(H,83,84). The molecule has 0 saturated heterocycles. The lowest BCUT2D eigenvalue weighted by molar-refractivity contribution is -0.142. The summed E-state index contributed by atoms with van der Waals surface area (Å²) in [6.45, 7) is 12.6. The first-order chi connectivity index (χ1) is 45.9. The zero-order valence-electron chi connectivity index (χ0n) is 54.4. The fraction of sp³-hybridized carbons (Fsp3) is 0.529. The van der Waals surface area contributed by atoms with Gasteiger partial charge >= 0.3 is 5.97 Å². The molecule has 1 atom stereocenters. The molecular weight excluding hydrogens is 1250 g/mol. The van der Waals surface area contributed by atoms with Crippen LogP contribution in [0, 0.1) is 13.8 Å². The zero-order valence-corrected chi connectivity index (χ0v) is 56.0. The number of rotatable bonds is 53. The van der Waals surface area contributed by atoms with E-state index in [-0.39, 0.29) is 68.4 Å². The van der Waals surface area contributed by atoms with Crippen molar-refractivity contribution in [1.82, 2.24) is 36.6 Å². The van der Waals surface area contributed by atoms with Gasteiger partial charge in [-0.1, -0.05) is 18.6 Å². The van der Waals surface area contributed by atoms with Gasteiger partial charge in [-0.05, 0) is 130 Å². The van der Waals surface area contributed by atoms with Gasteiger partial charge in [0.25, 0.3) is 0 Å². The molecule has 26 heteroatoms. The topological polar surface area (TPSA) is 306 Å². The van der Waals surface area contributed by atoms with Crippen LogP contribution in [0.4, 0.5) is 11.4 Å². The van der Waals surface area contributed by atoms with E-state index in [4.69, 9.17) is 47.9 Å². The molecule has 94 heavy (non-hydrogen) atoms. The summed E-state index contributed by atoms with van der Waals surface area (Å²) in [6, 6.07) is 27.7. The number of unbranched alkanes of at least 4 members (excludes halogenated alkanes) is 3. The van der Waals surface area contributed by atoms with Gasteiger partial charge in [0.15, 0.2) is 0 Å². The summed E-state index contributed by atoms with van der Waals surface area (Å²) >= 11 is 3.36. The summed E-state index contributed by atoms with van der Waals surface area (Å²) in [6.07, 6.45) is 4.42. The average Bonchev–Trinajstić information content (AvgIpc) is 1.73. The summed E-state index contributed by atoms with van der Waals surface area (Å²) in [5.74, 6) is -1.89. The number of carboxylic acids is 1. The van der Waals surface area contributed by atoms with E-state index in [9.17, 15) is 33.9 Å². The van der Waals surface area contributed by atoms with Gasteiger partial charge in [0.2, 0.25) is 29.5 Å². The van der Waals surface area contributed by atoms with Gasteiger partial charge in [-0.25, -0.2) is 14.8 Å². The van der Waals surface area contributed by atoms with Crippen LogP contribution in [0.5, 0.6) is 0 Å². The molecule has 1 unspecified atom stereocenters. The van der Waals surface area contributed by atoms with E-state index >= 15 is 0 Å². The Bertz CT molecular complexity index is 3170. The maximum Gasteiger partial charge on any atom is 0.326 e. The molecule has 0 aliphatic heterocycles. The Labute approximate surface area is 559 Å². The van der Waals surface area contributed by atoms with Crippen LogP contribution < -0.4 is 37.2 Å². The number of thiazole rings is 2. The van der Waals surface area contributed by atoms with Crippen molar-refractivity contribution < 1.29 is 71.8 Å². The molecule has 8 N–H and O–H groups in total. The van der Waals surface area contributed by atoms with E-state index in [1.54, 1.807) is 22.7 Å². The van der Waals surface area contributed by atoms with Gasteiger partial charge in [0.1, 0.15) is 16.1 Å². The van der Waals surface area contributed by atoms with Gasteiger partial charge in [-0.3, -0.25) is 24.0 Å². The third kappa shape index (κ3) is 32.3. The third-order valence-corrected chi connectivity index (χ3v) is 16.4. The summed E-state index contributed by atoms with van der Waals surface area (Å²) in [7, 11) is 0. The average molecular weight is 1340 g/mol. The SMILES string of the molecule is Cc1ccc2nc(-c3ccc(NCCC(=O)NCCOCCOCCOCCOCCC(=O)NCCCCCC(=O)NC(CCCCNC(=O)CCOCCOCCOCCOCCNC(=O)CCNc4ccc(-c5nc6ccc(C)cc6s5)cc4)C(=O)O)cc3)sc2c1. The number of aromatic nitrogens is 2. The minimum Gasteiger partial charge on any atom is -0.480 e. The summed E-state index contributed by atoms with van der Waals surface area (Å²) in [5, 5.41) is 32.2. The van der Waals surface area contributed by atoms with Crippen LogP contribution in [0.3, 0.4) is 0 Å². The Morgan fingerprint density at radius 2 is 0.766 bits per heavy atom. The number of aryl methyl sites for hydroxylation is 2. The van der Waals surface area contributed by atoms with E-state index in [1.165, 1.54) is 20.5 Å². The maximum absolute atomic E-state index is 12.5. The number of ether oxygens (including phenoxy) is 8. The molecule has 6 aromatic rings. The number of benzene rings is 4. The minimum absolute atomic E-state index is 0.0561. The van der Waals surface area contributed by atoms with Crippen molar-refractivity contribution in [2.24, 2.45) is 0 Å². The number of carbonyl (C=O) groups is 6. The molecule has 24 nitrogen and oxygen atoms in total. The maximum atomic E-state index is 12.5. The highest BCUT2D eigenvalue weighted by Crippen LogP contribution is 2.33. The monoisotopic (exact) mass is 1340 g/mol. The van der Waals surface area contributed by atoms with E-state index < -0.39 is 12.0 Å². The third-order valence-electron chi connectivity index (χ3n) is 14.3. The van der Waals surface area contributed by atoms with Crippen LogP contribution >= 0.6 is 22.7 Å². The van der Waals surface area contributed by atoms with Crippen LogP contribution in [0.15, 0.2) is 84.9 Å². The molecule has 0 aliphatic carbocycles. The number of fused-ring (bicyclic) bond motifs is 2. The van der Waals surface area contributed by atoms with E-state index in [2.05, 4.69) is 87.5 Å². The Balaban J connectivity index is 0.605. The number of carboxylic acid groups (broad SMARTS) is 1. The van der Waals surface area contributed by atoms with Gasteiger partial charge in [0.05, 0.1) is 126 Å². The second kappa shape index (κ2) is 46.0. The summed E-state index contributed by atoms with van der Waals surface area (Å²) < 4.78 is 46.5. The molecule has 0 radical (unpaired) electrons. The lowest BCUT2D eigenvalue weighted by atomic mass is 10.1. The van der Waals surface area contributed by atoms with E-state index in [1.807, 2.05) is 48.5 Å². The number of hydrogen-bond donors (Lipinski definition) is 8. The fourth-order valence-corrected chi connectivity index (χ4v) is 11.3. The number of aliphatic carboxylic acids is 1. The lowest BCUT2D eigenvalue weighted by Gasteiger charge is -2.14. The highest BCUT2D eigenvalue weighted by molar-refractivity contribution is 7.22. The van der Waals surface area contributed by atoms with Crippen molar-refractivity contribution in [1.29, 1.82) is 0 Å². The fourth-order valence-electron chi connectivity index (χ4n) is 9.19. The van der Waals surface area contributed by atoms with Crippen LogP contribution in [-0.4, -0.2) is 202 Å². The van der Waals surface area contributed by atoms with Crippen molar-refractivity contribution >= 4 is 90.0 Å². The van der Waals surface area contributed by atoms with E-state index in [0.29, 0.717) is 177 Å². The number of nitrogens with zero attached hydrogens (tertiary/aromatic N) is 2. The Hall–Kier alpha value is -7.24. The van der Waals surface area contributed by atoms with Crippen molar-refractivity contribution in [2.45, 2.75) is 90.5 Å². The largest absolute Gasteiger partial charge is 0.480 e. The predicted octanol–water partition coefficient (Wildman–Crippen LogP) is 7.84. The highest BCUT2D eigenvalue weighted by Gasteiger charge is 2.19. The van der Waals surface area contributed by atoms with Crippen molar-refractivity contribution in [3.8, 4) is 21.1 Å². The van der Waals surface area contributed by atoms with Crippen LogP contribution in [0.2, 0.25) is 0 Å². The molecular formula is C68H95N9O15S2. The zero-order chi connectivity index (χ0) is 66.6. The quantitative estimate of drug-likeness (QED) is 0.0169. The van der Waals surface area contributed by atoms with Gasteiger partial charge in [0, 0.05) is 93.9 Å². The highest BCUT2D eigenvalue weighted by atomic mass is 32.1. The minimum atomic E-state index is -1.11. The molecule has 0 aliphatic rings. The summed E-state index contributed by atoms with van der Waals surface area (Å²) in [5.41, 5.74) is 8.44. The second-order valence-corrected chi connectivity index (χ2v) is 24.1. The molecule has 2 heterocycles. The number of hydrogen-bond acceptors (Lipinski definition) is 20. The van der Waals surface area contributed by atoms with Crippen LogP contribution in [0.1, 0.15) is 81.8 Å². The second-order valence-electron chi connectivity index (χ2n) is 22.1. The number of carbonyl (C=O) groups excluding carboxylic acids is 5. The van der Waals surface area contributed by atoms with Crippen molar-refractivity contribution in [3.05, 3.63) is 96.1 Å². The molecule has 6 rings (SSSR count). The number of amides is 5. The Morgan fingerprint density at radius 3 is 1.18 bits per heavy atom. The first-order valence-corrected chi connectivity index (χ1v) is 34.2. The van der Waals surface area contributed by atoms with E-state index in [0.717, 1.165) is 43.6 Å². The van der Waals surface area contributed by atoms with Crippen LogP contribution in [-0.2, 0) is 66.7 Å². The Kier molecular flexibility index (Phi) is 37.1. The first kappa shape index (κ1) is 75.8. The van der Waals surface area contributed by atoms with Crippen molar-refractivity contribution in [3.63, 3.8) is 0 Å². The molecule has 0 spiro atoms. The number of anilines is 2. The first-order valence-electron chi connectivity index (χ1n) is 32.5. The molecule has 514 valence electrons. The molecule has 0 fully saturated rings. The van der Waals surface area contributed by atoms with Crippen LogP contribution in [0.25, 0.3) is 41.6 Å². The van der Waals surface area contributed by atoms with Gasteiger partial charge in [-0.2, -0.15) is 0 Å². The predicted molar refractivity (Wildman–Crippen MR) is 366 cm³/mol. The number of nitrogens with one attached hydrogen (secondary N) is 7. The van der Waals surface area contributed by atoms with Gasteiger partial charge < -0.3 is 80.2 Å². The summed E-state index contributed by atoms with van der Waals surface area (Å²) in [4.78, 5) is 82.7. The molecule has 0 saturated carbocycles. The molecule has 2 aromatic heterocycles. The Morgan fingerprint density at radius 1 is 0.394 bits per heavy atom. The van der Waals surface area contributed by atoms with Gasteiger partial charge in [-0.15, -0.1) is 22.7 Å².